The van der Waals surface area contributed by atoms with Crippen molar-refractivity contribution in [2.75, 3.05) is 39.8 Å². The van der Waals surface area contributed by atoms with Crippen LogP contribution in [0.5, 0.6) is 0 Å². The highest BCUT2D eigenvalue weighted by Crippen LogP contribution is 2.25. The molecular formula is C13H23N3O3. The van der Waals surface area contributed by atoms with E-state index < -0.39 is 5.41 Å². The Morgan fingerprint density at radius 2 is 2.26 bits per heavy atom. The Hall–Kier alpha value is -1.30. The fraction of sp³-hybridized carbons (Fsp3) is 0.846. The number of carbonyl (C=O) groups excluding carboxylic acids is 2. The van der Waals surface area contributed by atoms with Crippen molar-refractivity contribution >= 4 is 12.0 Å². The van der Waals surface area contributed by atoms with E-state index in [1.165, 1.54) is 7.11 Å². The predicted molar refractivity (Wildman–Crippen MR) is 70.7 cm³/mol. The molecule has 0 aromatic carbocycles. The van der Waals surface area contributed by atoms with Gasteiger partial charge in [0.2, 0.25) is 0 Å². The van der Waals surface area contributed by atoms with Gasteiger partial charge in [-0.05, 0) is 20.3 Å². The van der Waals surface area contributed by atoms with Crippen LogP contribution in [0.4, 0.5) is 4.79 Å². The average molecular weight is 269 g/mol. The molecule has 2 heterocycles. The van der Waals surface area contributed by atoms with Crippen LogP contribution in [-0.2, 0) is 9.53 Å². The highest BCUT2D eigenvalue weighted by atomic mass is 16.5. The zero-order valence-corrected chi connectivity index (χ0v) is 11.9. The molecule has 2 fully saturated rings. The highest BCUT2D eigenvalue weighted by Gasteiger charge is 2.39. The number of hydrogen-bond donors (Lipinski definition) is 1. The molecule has 2 saturated heterocycles. The fourth-order valence-corrected chi connectivity index (χ4v) is 2.67. The lowest BCUT2D eigenvalue weighted by atomic mass is 9.89. The smallest absolute Gasteiger partial charge is 0.320 e. The predicted octanol–water partition coefficient (Wildman–Crippen LogP) is 0.285. The maximum absolute atomic E-state index is 12.2. The van der Waals surface area contributed by atoms with Gasteiger partial charge in [-0.1, -0.05) is 0 Å². The second kappa shape index (κ2) is 5.36. The van der Waals surface area contributed by atoms with Crippen molar-refractivity contribution in [2.24, 2.45) is 5.41 Å². The zero-order valence-electron chi connectivity index (χ0n) is 11.9. The van der Waals surface area contributed by atoms with Crippen molar-refractivity contribution in [1.82, 2.24) is 15.1 Å². The molecule has 108 valence electrons. The molecule has 0 radical (unpaired) electrons. The van der Waals surface area contributed by atoms with E-state index in [2.05, 4.69) is 5.32 Å². The molecule has 0 aromatic heterocycles. The van der Waals surface area contributed by atoms with E-state index in [9.17, 15) is 9.59 Å². The van der Waals surface area contributed by atoms with Gasteiger partial charge in [-0.15, -0.1) is 0 Å². The molecule has 1 atom stereocenters. The monoisotopic (exact) mass is 269 g/mol. The lowest BCUT2D eigenvalue weighted by molar-refractivity contribution is -0.151. The van der Waals surface area contributed by atoms with Gasteiger partial charge >= 0.3 is 12.0 Å². The third-order valence-corrected chi connectivity index (χ3v) is 4.04. The molecule has 2 aliphatic rings. The largest absolute Gasteiger partial charge is 0.469 e. The standard InChI is InChI=1S/C13H23N3O3/c1-13(2,11(17)19-3)4-6-15-9-10-8-14-5-7-16(10)12(15)18/h10,14H,4-9H2,1-3H3/t10-/m0/s1. The summed E-state index contributed by atoms with van der Waals surface area (Å²) in [6.45, 7) is 7.58. The van der Waals surface area contributed by atoms with Gasteiger partial charge in [-0.25, -0.2) is 4.79 Å². The van der Waals surface area contributed by atoms with Crippen LogP contribution < -0.4 is 5.32 Å². The molecule has 2 rings (SSSR count). The van der Waals surface area contributed by atoms with Crippen molar-refractivity contribution in [3.63, 3.8) is 0 Å². The van der Waals surface area contributed by atoms with E-state index in [-0.39, 0.29) is 18.0 Å². The van der Waals surface area contributed by atoms with Crippen LogP contribution in [0.1, 0.15) is 20.3 Å². The normalized spacial score (nSPS) is 23.5. The maximum Gasteiger partial charge on any atom is 0.320 e. The molecule has 6 nitrogen and oxygen atoms in total. The van der Waals surface area contributed by atoms with Crippen molar-refractivity contribution in [3.05, 3.63) is 0 Å². The van der Waals surface area contributed by atoms with Gasteiger partial charge in [0.15, 0.2) is 0 Å². The summed E-state index contributed by atoms with van der Waals surface area (Å²) in [6, 6.07) is 0.384. The van der Waals surface area contributed by atoms with Gasteiger partial charge < -0.3 is 19.9 Å². The van der Waals surface area contributed by atoms with Crippen LogP contribution in [0, 0.1) is 5.41 Å². The quantitative estimate of drug-likeness (QED) is 0.745. The number of rotatable bonds is 4. The highest BCUT2D eigenvalue weighted by molar-refractivity contribution is 5.78. The molecule has 0 unspecified atom stereocenters. The molecule has 2 aliphatic heterocycles. The Morgan fingerprint density at radius 1 is 1.53 bits per heavy atom. The van der Waals surface area contributed by atoms with E-state index in [1.54, 1.807) is 0 Å². The first-order valence-electron chi connectivity index (χ1n) is 6.80. The van der Waals surface area contributed by atoms with Crippen molar-refractivity contribution in [2.45, 2.75) is 26.3 Å². The van der Waals surface area contributed by atoms with Gasteiger partial charge in [0.05, 0.1) is 18.6 Å². The SMILES string of the molecule is COC(=O)C(C)(C)CCN1C[C@@H]2CNCCN2C1=O. The second-order valence-electron chi connectivity index (χ2n) is 5.91. The van der Waals surface area contributed by atoms with E-state index in [0.717, 1.165) is 26.2 Å². The van der Waals surface area contributed by atoms with Crippen LogP contribution in [0.15, 0.2) is 0 Å². The summed E-state index contributed by atoms with van der Waals surface area (Å²) in [6.07, 6.45) is 0.624. The topological polar surface area (TPSA) is 61.9 Å². The number of hydrogen-bond acceptors (Lipinski definition) is 4. The van der Waals surface area contributed by atoms with Gasteiger partial charge in [-0.3, -0.25) is 4.79 Å². The Kier molecular flexibility index (Phi) is 3.99. The first-order chi connectivity index (χ1) is 8.95. The average Bonchev–Trinajstić information content (AvgIpc) is 2.73. The molecule has 1 N–H and O–H groups in total. The third-order valence-electron chi connectivity index (χ3n) is 4.04. The summed E-state index contributed by atoms with van der Waals surface area (Å²) in [5.74, 6) is -0.224. The molecule has 19 heavy (non-hydrogen) atoms. The molecule has 0 aliphatic carbocycles. The number of piperazine rings is 1. The number of urea groups is 1. The molecular weight excluding hydrogens is 246 g/mol. The molecule has 2 amide bonds. The minimum Gasteiger partial charge on any atom is -0.469 e. The number of fused-ring (bicyclic) bond motifs is 1. The van der Waals surface area contributed by atoms with Gasteiger partial charge in [0.1, 0.15) is 0 Å². The first-order valence-corrected chi connectivity index (χ1v) is 6.80. The second-order valence-corrected chi connectivity index (χ2v) is 5.91. The lowest BCUT2D eigenvalue weighted by Gasteiger charge is -2.28. The fourth-order valence-electron chi connectivity index (χ4n) is 2.67. The molecule has 0 saturated carbocycles. The van der Waals surface area contributed by atoms with Crippen LogP contribution in [0.25, 0.3) is 0 Å². The minimum absolute atomic E-state index is 0.104. The molecule has 0 spiro atoms. The molecule has 6 heteroatoms. The number of methoxy groups -OCH3 is 1. The Morgan fingerprint density at radius 3 is 2.89 bits per heavy atom. The van der Waals surface area contributed by atoms with E-state index in [4.69, 9.17) is 4.74 Å². The van der Waals surface area contributed by atoms with Gasteiger partial charge in [0.25, 0.3) is 0 Å². The minimum atomic E-state index is -0.545. The summed E-state index contributed by atoms with van der Waals surface area (Å²) in [5, 5.41) is 3.30. The third kappa shape index (κ3) is 2.83. The van der Waals surface area contributed by atoms with Crippen LogP contribution >= 0.6 is 0 Å². The van der Waals surface area contributed by atoms with E-state index in [1.807, 2.05) is 23.6 Å². The first kappa shape index (κ1) is 14.1. The van der Waals surface area contributed by atoms with Crippen LogP contribution in [-0.4, -0.2) is 67.7 Å². The number of carbonyl (C=O) groups is 2. The van der Waals surface area contributed by atoms with E-state index in [0.29, 0.717) is 13.0 Å². The Balaban J connectivity index is 1.90. The maximum atomic E-state index is 12.2. The summed E-state index contributed by atoms with van der Waals surface area (Å²) >= 11 is 0. The van der Waals surface area contributed by atoms with Crippen LogP contribution in [0.2, 0.25) is 0 Å². The molecule has 0 aromatic rings. The zero-order chi connectivity index (χ0) is 14.0. The summed E-state index contributed by atoms with van der Waals surface area (Å²) in [4.78, 5) is 27.6. The van der Waals surface area contributed by atoms with Gasteiger partial charge in [0, 0.05) is 32.7 Å². The Bertz CT molecular complexity index is 370. The number of nitrogens with one attached hydrogen (secondary N) is 1. The summed E-state index contributed by atoms with van der Waals surface area (Å²) < 4.78 is 4.79. The van der Waals surface area contributed by atoms with Crippen molar-refractivity contribution in [1.29, 1.82) is 0 Å². The number of esters is 1. The van der Waals surface area contributed by atoms with Crippen molar-refractivity contribution in [3.8, 4) is 0 Å². The van der Waals surface area contributed by atoms with Gasteiger partial charge in [-0.2, -0.15) is 0 Å². The summed E-state index contributed by atoms with van der Waals surface area (Å²) in [7, 11) is 1.40. The van der Waals surface area contributed by atoms with Crippen molar-refractivity contribution < 1.29 is 14.3 Å². The number of ether oxygens (including phenoxy) is 1. The lowest BCUT2D eigenvalue weighted by Crippen LogP contribution is -2.49. The number of nitrogens with zero attached hydrogens (tertiary/aromatic N) is 2. The molecule has 0 bridgehead atoms. The number of amides is 2. The van der Waals surface area contributed by atoms with Crippen LogP contribution in [0.3, 0.4) is 0 Å². The van der Waals surface area contributed by atoms with E-state index >= 15 is 0 Å². The summed E-state index contributed by atoms with van der Waals surface area (Å²) in [5.41, 5.74) is -0.545. The Labute approximate surface area is 114 Å².